The van der Waals surface area contributed by atoms with Gasteiger partial charge < -0.3 is 4.74 Å². The Morgan fingerprint density at radius 2 is 1.94 bits per heavy atom. The molecule has 0 aromatic heterocycles. The second-order valence-corrected chi connectivity index (χ2v) is 3.70. The molecule has 16 heavy (non-hydrogen) atoms. The van der Waals surface area contributed by atoms with Crippen LogP contribution >= 0.6 is 0 Å². The molecule has 0 bridgehead atoms. The van der Waals surface area contributed by atoms with Crippen LogP contribution in [0, 0.1) is 0 Å². The van der Waals surface area contributed by atoms with Crippen LogP contribution < -0.4 is 0 Å². The maximum Gasteiger partial charge on any atom is 0.0716 e. The predicted molar refractivity (Wildman–Crippen MR) is 69.3 cm³/mol. The topological polar surface area (TPSA) is 9.23 Å². The van der Waals surface area contributed by atoms with Crippen LogP contribution in [0.1, 0.15) is 24.8 Å². The third-order valence-electron chi connectivity index (χ3n) is 2.29. The monoisotopic (exact) mass is 216 g/mol. The van der Waals surface area contributed by atoms with Gasteiger partial charge in [-0.1, -0.05) is 55.1 Å². The summed E-state index contributed by atoms with van der Waals surface area (Å²) in [5.41, 5.74) is 1.24. The summed E-state index contributed by atoms with van der Waals surface area (Å²) in [6.07, 6.45) is 9.36. The molecule has 0 saturated heterocycles. The molecule has 1 aromatic carbocycles. The molecule has 0 atom stereocenters. The maximum absolute atomic E-state index is 5.58. The van der Waals surface area contributed by atoms with E-state index in [4.69, 9.17) is 4.74 Å². The Morgan fingerprint density at radius 3 is 2.69 bits per heavy atom. The van der Waals surface area contributed by atoms with Crippen LogP contribution in [0.2, 0.25) is 0 Å². The molecule has 1 aromatic rings. The lowest BCUT2D eigenvalue weighted by atomic mass is 10.2. The molecule has 0 aliphatic rings. The van der Waals surface area contributed by atoms with Gasteiger partial charge in [0, 0.05) is 6.61 Å². The second kappa shape index (κ2) is 8.93. The molecule has 0 amide bonds. The molecule has 0 spiro atoms. The van der Waals surface area contributed by atoms with Crippen LogP contribution in [0.5, 0.6) is 0 Å². The molecule has 86 valence electrons. The third kappa shape index (κ3) is 6.20. The number of allylic oxidation sites excluding steroid dienone is 3. The SMILES string of the molecule is C=C/C=C/CCCCOCc1ccccc1. The Morgan fingerprint density at radius 1 is 1.12 bits per heavy atom. The van der Waals surface area contributed by atoms with Crippen LogP contribution in [0.4, 0.5) is 0 Å². The molecule has 1 heteroatoms. The first-order valence-corrected chi connectivity index (χ1v) is 5.82. The summed E-state index contributed by atoms with van der Waals surface area (Å²) >= 11 is 0. The number of benzene rings is 1. The van der Waals surface area contributed by atoms with E-state index in [2.05, 4.69) is 24.8 Å². The highest BCUT2D eigenvalue weighted by Crippen LogP contribution is 2.02. The van der Waals surface area contributed by atoms with Gasteiger partial charge >= 0.3 is 0 Å². The molecule has 1 nitrogen and oxygen atoms in total. The summed E-state index contributed by atoms with van der Waals surface area (Å²) in [5, 5.41) is 0. The highest BCUT2D eigenvalue weighted by Gasteiger charge is 1.91. The van der Waals surface area contributed by atoms with Gasteiger partial charge in [0.1, 0.15) is 0 Å². The minimum absolute atomic E-state index is 0.726. The summed E-state index contributed by atoms with van der Waals surface area (Å²) in [5.74, 6) is 0. The molecule has 0 heterocycles. The zero-order valence-corrected chi connectivity index (χ0v) is 9.77. The molecule has 0 aliphatic heterocycles. The van der Waals surface area contributed by atoms with Crippen LogP contribution in [0.15, 0.2) is 55.1 Å². The lowest BCUT2D eigenvalue weighted by molar-refractivity contribution is 0.117. The minimum atomic E-state index is 0.726. The summed E-state index contributed by atoms with van der Waals surface area (Å²) in [6, 6.07) is 10.3. The summed E-state index contributed by atoms with van der Waals surface area (Å²) in [6.45, 7) is 5.20. The summed E-state index contributed by atoms with van der Waals surface area (Å²) in [4.78, 5) is 0. The molecular weight excluding hydrogens is 196 g/mol. The van der Waals surface area contributed by atoms with Crippen LogP contribution in [-0.4, -0.2) is 6.61 Å². The first kappa shape index (κ1) is 12.7. The van der Waals surface area contributed by atoms with Crippen molar-refractivity contribution in [2.75, 3.05) is 6.61 Å². The fourth-order valence-electron chi connectivity index (χ4n) is 1.42. The fraction of sp³-hybridized carbons (Fsp3) is 0.333. The van der Waals surface area contributed by atoms with Crippen molar-refractivity contribution >= 4 is 0 Å². The largest absolute Gasteiger partial charge is 0.377 e. The smallest absolute Gasteiger partial charge is 0.0716 e. The van der Waals surface area contributed by atoms with Crippen molar-refractivity contribution in [3.63, 3.8) is 0 Å². The van der Waals surface area contributed by atoms with Crippen molar-refractivity contribution in [3.8, 4) is 0 Å². The van der Waals surface area contributed by atoms with Crippen molar-refractivity contribution in [1.82, 2.24) is 0 Å². The van der Waals surface area contributed by atoms with E-state index in [1.54, 1.807) is 0 Å². The zero-order chi connectivity index (χ0) is 11.5. The standard InChI is InChI=1S/C15H20O/c1-2-3-4-5-6-10-13-16-14-15-11-8-7-9-12-15/h2-4,7-9,11-12H,1,5-6,10,13-14H2/b4-3+. The second-order valence-electron chi connectivity index (χ2n) is 3.70. The molecule has 0 radical (unpaired) electrons. The molecule has 0 aliphatic carbocycles. The molecular formula is C15H20O. The quantitative estimate of drug-likeness (QED) is 0.469. The molecule has 1 rings (SSSR count). The van der Waals surface area contributed by atoms with Crippen molar-refractivity contribution < 1.29 is 4.74 Å². The van der Waals surface area contributed by atoms with Gasteiger partial charge in [0.25, 0.3) is 0 Å². The minimum Gasteiger partial charge on any atom is -0.377 e. The predicted octanol–water partition coefficient (Wildman–Crippen LogP) is 4.12. The Hall–Kier alpha value is -1.34. The number of ether oxygens (including phenoxy) is 1. The van der Waals surface area contributed by atoms with Gasteiger partial charge in [0.05, 0.1) is 6.61 Å². The van der Waals surface area contributed by atoms with Gasteiger partial charge in [-0.3, -0.25) is 0 Å². The highest BCUT2D eigenvalue weighted by atomic mass is 16.5. The summed E-state index contributed by atoms with van der Waals surface area (Å²) < 4.78 is 5.58. The van der Waals surface area contributed by atoms with E-state index in [9.17, 15) is 0 Å². The number of hydrogen-bond acceptors (Lipinski definition) is 1. The van der Waals surface area contributed by atoms with Crippen LogP contribution in [0.3, 0.4) is 0 Å². The van der Waals surface area contributed by atoms with E-state index >= 15 is 0 Å². The average Bonchev–Trinajstić information content (AvgIpc) is 2.34. The Bertz CT molecular complexity index is 300. The van der Waals surface area contributed by atoms with E-state index in [1.807, 2.05) is 30.4 Å². The number of hydrogen-bond donors (Lipinski definition) is 0. The van der Waals surface area contributed by atoms with Crippen molar-refractivity contribution in [2.45, 2.75) is 25.9 Å². The van der Waals surface area contributed by atoms with Gasteiger partial charge in [-0.05, 0) is 24.8 Å². The molecule has 0 N–H and O–H groups in total. The molecule has 0 unspecified atom stereocenters. The number of rotatable bonds is 8. The molecule has 0 fully saturated rings. The average molecular weight is 216 g/mol. The first-order chi connectivity index (χ1) is 7.93. The third-order valence-corrected chi connectivity index (χ3v) is 2.29. The van der Waals surface area contributed by atoms with Crippen molar-refractivity contribution in [1.29, 1.82) is 0 Å². The lowest BCUT2D eigenvalue weighted by Crippen LogP contribution is -1.94. The maximum atomic E-state index is 5.58. The van der Waals surface area contributed by atoms with Crippen molar-refractivity contribution in [2.24, 2.45) is 0 Å². The van der Waals surface area contributed by atoms with Gasteiger partial charge in [-0.25, -0.2) is 0 Å². The van der Waals surface area contributed by atoms with Gasteiger partial charge in [0.15, 0.2) is 0 Å². The Labute approximate surface area is 98.5 Å². The summed E-state index contributed by atoms with van der Waals surface area (Å²) in [7, 11) is 0. The Kier molecular flexibility index (Phi) is 7.10. The van der Waals surface area contributed by atoms with Crippen LogP contribution in [-0.2, 0) is 11.3 Å². The van der Waals surface area contributed by atoms with Gasteiger partial charge in [-0.15, -0.1) is 0 Å². The first-order valence-electron chi connectivity index (χ1n) is 5.82. The van der Waals surface area contributed by atoms with Crippen LogP contribution in [0.25, 0.3) is 0 Å². The lowest BCUT2D eigenvalue weighted by Gasteiger charge is -2.03. The number of unbranched alkanes of at least 4 members (excludes halogenated alkanes) is 2. The normalized spacial score (nSPS) is 10.8. The van der Waals surface area contributed by atoms with Gasteiger partial charge in [0.2, 0.25) is 0 Å². The van der Waals surface area contributed by atoms with E-state index in [-0.39, 0.29) is 0 Å². The molecule has 0 saturated carbocycles. The van der Waals surface area contributed by atoms with E-state index in [1.165, 1.54) is 12.0 Å². The van der Waals surface area contributed by atoms with E-state index < -0.39 is 0 Å². The van der Waals surface area contributed by atoms with Crippen molar-refractivity contribution in [3.05, 3.63) is 60.7 Å². The van der Waals surface area contributed by atoms with E-state index in [0.29, 0.717) is 0 Å². The fourth-order valence-corrected chi connectivity index (χ4v) is 1.42. The Balaban J connectivity index is 1.96. The zero-order valence-electron chi connectivity index (χ0n) is 9.77. The van der Waals surface area contributed by atoms with Gasteiger partial charge in [-0.2, -0.15) is 0 Å². The highest BCUT2D eigenvalue weighted by molar-refractivity contribution is 5.13. The van der Waals surface area contributed by atoms with E-state index in [0.717, 1.165) is 26.1 Å².